The van der Waals surface area contributed by atoms with Crippen LogP contribution >= 0.6 is 11.8 Å². The molecule has 72 valence electrons. The summed E-state index contributed by atoms with van der Waals surface area (Å²) in [6.45, 7) is 5.26. The normalized spacial score (nSPS) is 22.5. The number of rotatable bonds is 4. The van der Waals surface area contributed by atoms with Gasteiger partial charge in [0.1, 0.15) is 0 Å². The van der Waals surface area contributed by atoms with Gasteiger partial charge in [-0.3, -0.25) is 0 Å². The van der Waals surface area contributed by atoms with Gasteiger partial charge in [0.05, 0.1) is 0 Å². The van der Waals surface area contributed by atoms with E-state index in [0.717, 1.165) is 25.0 Å². The Labute approximate surface area is 79.4 Å². The molecule has 3 heteroatoms. The molecule has 1 unspecified atom stereocenters. The van der Waals surface area contributed by atoms with E-state index in [4.69, 9.17) is 4.74 Å². The number of thioether (sulfide) groups is 1. The molecule has 12 heavy (non-hydrogen) atoms. The summed E-state index contributed by atoms with van der Waals surface area (Å²) in [5.41, 5.74) is 0. The first-order valence-electron chi connectivity index (χ1n) is 4.67. The third-order valence-electron chi connectivity index (χ3n) is 2.32. The molecular weight excluding hydrogens is 170 g/mol. The zero-order valence-corrected chi connectivity index (χ0v) is 8.82. The van der Waals surface area contributed by atoms with Gasteiger partial charge in [0, 0.05) is 31.1 Å². The second kappa shape index (κ2) is 5.84. The van der Waals surface area contributed by atoms with E-state index in [-0.39, 0.29) is 0 Å². The molecule has 0 aromatic heterocycles. The molecule has 1 fully saturated rings. The first-order valence-corrected chi connectivity index (χ1v) is 5.95. The Bertz CT molecular complexity index is 115. The summed E-state index contributed by atoms with van der Waals surface area (Å²) in [5, 5.41) is 4.30. The Hall–Kier alpha value is 0.270. The lowest BCUT2D eigenvalue weighted by Gasteiger charge is -2.24. The molecule has 2 nitrogen and oxygen atoms in total. The van der Waals surface area contributed by atoms with Gasteiger partial charge in [0.2, 0.25) is 0 Å². The highest BCUT2D eigenvalue weighted by molar-refractivity contribution is 7.99. The minimum Gasteiger partial charge on any atom is -0.381 e. The quantitative estimate of drug-likeness (QED) is 0.724. The van der Waals surface area contributed by atoms with Gasteiger partial charge in [-0.25, -0.2) is 0 Å². The Morgan fingerprint density at radius 1 is 1.50 bits per heavy atom. The molecule has 0 radical (unpaired) electrons. The van der Waals surface area contributed by atoms with E-state index in [1.54, 1.807) is 0 Å². The van der Waals surface area contributed by atoms with E-state index < -0.39 is 0 Å². The Balaban J connectivity index is 2.05. The second-order valence-corrected chi connectivity index (χ2v) is 4.62. The molecule has 0 bridgehead atoms. The smallest absolute Gasteiger partial charge is 0.0480 e. The first kappa shape index (κ1) is 10.4. The lowest BCUT2D eigenvalue weighted by molar-refractivity contribution is 0.0782. The standard InChI is InChI=1S/C9H19NOS/c1-8(12-2)7-10-9-3-5-11-6-4-9/h8-10H,3-7H2,1-2H3. The summed E-state index contributed by atoms with van der Waals surface area (Å²) in [6, 6.07) is 0.702. The molecule has 1 N–H and O–H groups in total. The maximum atomic E-state index is 5.29. The van der Waals surface area contributed by atoms with Crippen LogP contribution in [0.4, 0.5) is 0 Å². The number of ether oxygens (including phenoxy) is 1. The van der Waals surface area contributed by atoms with Crippen molar-refractivity contribution in [2.45, 2.75) is 31.1 Å². The van der Waals surface area contributed by atoms with Crippen LogP contribution in [-0.2, 0) is 4.74 Å². The molecule has 1 aliphatic heterocycles. The van der Waals surface area contributed by atoms with Gasteiger partial charge in [-0.1, -0.05) is 6.92 Å². The largest absolute Gasteiger partial charge is 0.381 e. The van der Waals surface area contributed by atoms with Gasteiger partial charge >= 0.3 is 0 Å². The van der Waals surface area contributed by atoms with Crippen LogP contribution in [0.1, 0.15) is 19.8 Å². The molecule has 1 atom stereocenters. The summed E-state index contributed by atoms with van der Waals surface area (Å²) < 4.78 is 5.29. The van der Waals surface area contributed by atoms with Crippen molar-refractivity contribution in [1.29, 1.82) is 0 Å². The monoisotopic (exact) mass is 189 g/mol. The van der Waals surface area contributed by atoms with Crippen LogP contribution in [0.2, 0.25) is 0 Å². The molecule has 1 rings (SSSR count). The topological polar surface area (TPSA) is 21.3 Å². The van der Waals surface area contributed by atoms with Crippen molar-refractivity contribution in [2.24, 2.45) is 0 Å². The predicted octanol–water partition coefficient (Wildman–Crippen LogP) is 1.51. The zero-order valence-electron chi connectivity index (χ0n) is 8.01. The molecule has 0 amide bonds. The summed E-state index contributed by atoms with van der Waals surface area (Å²) in [7, 11) is 0. The van der Waals surface area contributed by atoms with E-state index in [9.17, 15) is 0 Å². The predicted molar refractivity (Wildman–Crippen MR) is 54.8 cm³/mol. The van der Waals surface area contributed by atoms with E-state index in [2.05, 4.69) is 18.5 Å². The third kappa shape index (κ3) is 3.78. The fraction of sp³-hybridized carbons (Fsp3) is 1.00. The van der Waals surface area contributed by atoms with E-state index in [1.165, 1.54) is 12.8 Å². The Kier molecular flexibility index (Phi) is 5.04. The van der Waals surface area contributed by atoms with Crippen molar-refractivity contribution in [3.05, 3.63) is 0 Å². The van der Waals surface area contributed by atoms with E-state index in [0.29, 0.717) is 6.04 Å². The maximum Gasteiger partial charge on any atom is 0.0480 e. The Morgan fingerprint density at radius 2 is 2.17 bits per heavy atom. The van der Waals surface area contributed by atoms with Gasteiger partial charge in [0.25, 0.3) is 0 Å². The van der Waals surface area contributed by atoms with Crippen LogP contribution in [0.3, 0.4) is 0 Å². The van der Waals surface area contributed by atoms with Gasteiger partial charge in [0.15, 0.2) is 0 Å². The fourth-order valence-corrected chi connectivity index (χ4v) is 1.58. The molecule has 0 aromatic carbocycles. The molecule has 1 saturated heterocycles. The average Bonchev–Trinajstić information content (AvgIpc) is 2.16. The van der Waals surface area contributed by atoms with Crippen LogP contribution in [-0.4, -0.2) is 37.3 Å². The van der Waals surface area contributed by atoms with Gasteiger partial charge in [-0.05, 0) is 19.1 Å². The van der Waals surface area contributed by atoms with Crippen molar-refractivity contribution in [2.75, 3.05) is 26.0 Å². The van der Waals surface area contributed by atoms with E-state index in [1.807, 2.05) is 11.8 Å². The van der Waals surface area contributed by atoms with Crippen molar-refractivity contribution >= 4 is 11.8 Å². The number of hydrogen-bond donors (Lipinski definition) is 1. The highest BCUT2D eigenvalue weighted by atomic mass is 32.2. The number of nitrogens with one attached hydrogen (secondary N) is 1. The van der Waals surface area contributed by atoms with Crippen LogP contribution in [0.15, 0.2) is 0 Å². The highest BCUT2D eigenvalue weighted by Crippen LogP contribution is 2.08. The molecule has 0 aromatic rings. The lowest BCUT2D eigenvalue weighted by Crippen LogP contribution is -2.37. The average molecular weight is 189 g/mol. The number of hydrogen-bond acceptors (Lipinski definition) is 3. The molecule has 1 aliphatic rings. The first-order chi connectivity index (χ1) is 5.83. The molecular formula is C9H19NOS. The van der Waals surface area contributed by atoms with Crippen LogP contribution in [0.5, 0.6) is 0 Å². The highest BCUT2D eigenvalue weighted by Gasteiger charge is 2.13. The van der Waals surface area contributed by atoms with Crippen molar-refractivity contribution in [3.8, 4) is 0 Å². The van der Waals surface area contributed by atoms with Gasteiger partial charge in [-0.2, -0.15) is 11.8 Å². The molecule has 0 aliphatic carbocycles. The second-order valence-electron chi connectivity index (χ2n) is 3.34. The molecule has 0 saturated carbocycles. The minimum atomic E-state index is 0.702. The SMILES string of the molecule is CSC(C)CNC1CCOCC1. The molecule has 1 heterocycles. The Morgan fingerprint density at radius 3 is 2.75 bits per heavy atom. The zero-order chi connectivity index (χ0) is 8.81. The van der Waals surface area contributed by atoms with Gasteiger partial charge in [-0.15, -0.1) is 0 Å². The summed E-state index contributed by atoms with van der Waals surface area (Å²) in [5.74, 6) is 0. The van der Waals surface area contributed by atoms with Crippen molar-refractivity contribution in [3.63, 3.8) is 0 Å². The van der Waals surface area contributed by atoms with Crippen LogP contribution < -0.4 is 5.32 Å². The maximum absolute atomic E-state index is 5.29. The summed E-state index contributed by atoms with van der Waals surface area (Å²) in [4.78, 5) is 0. The summed E-state index contributed by atoms with van der Waals surface area (Å²) in [6.07, 6.45) is 4.53. The fourth-order valence-electron chi connectivity index (χ4n) is 1.32. The molecule has 0 spiro atoms. The van der Waals surface area contributed by atoms with E-state index >= 15 is 0 Å². The third-order valence-corrected chi connectivity index (χ3v) is 3.29. The lowest BCUT2D eigenvalue weighted by atomic mass is 10.1. The van der Waals surface area contributed by atoms with Crippen LogP contribution in [0.25, 0.3) is 0 Å². The van der Waals surface area contributed by atoms with Gasteiger partial charge < -0.3 is 10.1 Å². The van der Waals surface area contributed by atoms with Crippen molar-refractivity contribution < 1.29 is 4.74 Å². The van der Waals surface area contributed by atoms with Crippen molar-refractivity contribution in [1.82, 2.24) is 5.32 Å². The van der Waals surface area contributed by atoms with Crippen LogP contribution in [0, 0.1) is 0 Å². The minimum absolute atomic E-state index is 0.702. The summed E-state index contributed by atoms with van der Waals surface area (Å²) >= 11 is 1.92.